The van der Waals surface area contributed by atoms with E-state index in [4.69, 9.17) is 4.74 Å². The maximum Gasteiger partial charge on any atom is 0.305 e. The summed E-state index contributed by atoms with van der Waals surface area (Å²) in [7, 11) is 0. The van der Waals surface area contributed by atoms with E-state index in [1.807, 2.05) is 6.92 Å². The van der Waals surface area contributed by atoms with Crippen molar-refractivity contribution in [1.82, 2.24) is 5.32 Å². The fourth-order valence-electron chi connectivity index (χ4n) is 1.49. The average molecular weight is 243 g/mol. The van der Waals surface area contributed by atoms with Gasteiger partial charge < -0.3 is 10.1 Å². The first-order chi connectivity index (χ1) is 8.07. The summed E-state index contributed by atoms with van der Waals surface area (Å²) in [5, 5.41) is 3.46. The Hall–Kier alpha value is -0.570. The van der Waals surface area contributed by atoms with Crippen LogP contribution < -0.4 is 5.32 Å². The number of esters is 1. The van der Waals surface area contributed by atoms with Gasteiger partial charge in [0, 0.05) is 6.42 Å². The van der Waals surface area contributed by atoms with Gasteiger partial charge in [-0.3, -0.25) is 4.79 Å². The fraction of sp³-hybridized carbons (Fsp3) is 0.929. The van der Waals surface area contributed by atoms with Gasteiger partial charge in [0.1, 0.15) is 0 Å². The summed E-state index contributed by atoms with van der Waals surface area (Å²) in [6.45, 7) is 11.3. The van der Waals surface area contributed by atoms with Crippen molar-refractivity contribution in [1.29, 1.82) is 0 Å². The largest absolute Gasteiger partial charge is 0.466 e. The number of hydrogen-bond acceptors (Lipinski definition) is 3. The molecule has 0 aromatic carbocycles. The van der Waals surface area contributed by atoms with Crippen molar-refractivity contribution in [3.63, 3.8) is 0 Å². The van der Waals surface area contributed by atoms with Crippen molar-refractivity contribution in [2.24, 2.45) is 11.8 Å². The lowest BCUT2D eigenvalue weighted by atomic mass is 9.98. The van der Waals surface area contributed by atoms with Crippen LogP contribution >= 0.6 is 0 Å². The van der Waals surface area contributed by atoms with Gasteiger partial charge in [-0.1, -0.05) is 27.2 Å². The van der Waals surface area contributed by atoms with Gasteiger partial charge in [-0.15, -0.1) is 0 Å². The Balaban J connectivity index is 3.21. The molecule has 0 fully saturated rings. The van der Waals surface area contributed by atoms with Crippen LogP contribution in [0.25, 0.3) is 0 Å². The first-order valence-corrected chi connectivity index (χ1v) is 6.94. The normalized spacial score (nSPS) is 12.8. The lowest BCUT2D eigenvalue weighted by Gasteiger charge is -2.15. The summed E-state index contributed by atoms with van der Waals surface area (Å²) >= 11 is 0. The van der Waals surface area contributed by atoms with Crippen LogP contribution in [0, 0.1) is 11.8 Å². The van der Waals surface area contributed by atoms with Gasteiger partial charge in [0.25, 0.3) is 0 Å². The molecule has 0 saturated carbocycles. The van der Waals surface area contributed by atoms with Crippen molar-refractivity contribution in [2.45, 2.75) is 53.4 Å². The molecule has 17 heavy (non-hydrogen) atoms. The molecular formula is C14H29NO2. The van der Waals surface area contributed by atoms with Gasteiger partial charge in [0.2, 0.25) is 0 Å². The minimum atomic E-state index is -0.0612. The number of carbonyl (C=O) groups is 1. The number of nitrogens with one attached hydrogen (secondary N) is 1. The molecule has 0 heterocycles. The number of rotatable bonds is 10. The number of unbranched alkanes of at least 4 members (excludes halogenated alkanes) is 2. The van der Waals surface area contributed by atoms with Crippen LogP contribution in [-0.2, 0) is 9.53 Å². The molecule has 0 aliphatic rings. The highest BCUT2D eigenvalue weighted by Gasteiger charge is 2.05. The molecule has 0 bridgehead atoms. The topological polar surface area (TPSA) is 38.3 Å². The second-order valence-corrected chi connectivity index (χ2v) is 5.04. The van der Waals surface area contributed by atoms with Crippen LogP contribution in [0.15, 0.2) is 0 Å². The molecule has 0 aromatic heterocycles. The minimum Gasteiger partial charge on any atom is -0.466 e. The van der Waals surface area contributed by atoms with Crippen LogP contribution in [0.2, 0.25) is 0 Å². The Labute approximate surface area is 106 Å². The summed E-state index contributed by atoms with van der Waals surface area (Å²) in [5.41, 5.74) is 0. The second kappa shape index (κ2) is 10.6. The zero-order chi connectivity index (χ0) is 13.1. The third-order valence-electron chi connectivity index (χ3n) is 3.14. The molecule has 0 spiro atoms. The standard InChI is InChI=1S/C14H29NO2/c1-5-17-14(16)9-7-6-8-10-15-11-13(4)12(2)3/h12-13,15H,5-11H2,1-4H3. The van der Waals surface area contributed by atoms with E-state index in [1.165, 1.54) is 0 Å². The molecule has 0 aromatic rings. The van der Waals surface area contributed by atoms with Crippen LogP contribution in [0.4, 0.5) is 0 Å². The zero-order valence-electron chi connectivity index (χ0n) is 11.9. The molecule has 3 heteroatoms. The van der Waals surface area contributed by atoms with Gasteiger partial charge in [-0.25, -0.2) is 0 Å². The molecule has 0 saturated heterocycles. The van der Waals surface area contributed by atoms with Crippen LogP contribution in [0.1, 0.15) is 53.4 Å². The quantitative estimate of drug-likeness (QED) is 0.473. The summed E-state index contributed by atoms with van der Waals surface area (Å²) in [6.07, 6.45) is 3.75. The van der Waals surface area contributed by atoms with Crippen molar-refractivity contribution in [2.75, 3.05) is 19.7 Å². The first-order valence-electron chi connectivity index (χ1n) is 6.94. The third-order valence-corrected chi connectivity index (χ3v) is 3.14. The first kappa shape index (κ1) is 16.4. The predicted molar refractivity (Wildman–Crippen MR) is 72.0 cm³/mol. The van der Waals surface area contributed by atoms with Gasteiger partial charge in [-0.2, -0.15) is 0 Å². The SMILES string of the molecule is CCOC(=O)CCCCCNCC(C)C(C)C. The molecule has 0 amide bonds. The van der Waals surface area contributed by atoms with E-state index in [0.717, 1.165) is 44.2 Å². The van der Waals surface area contributed by atoms with Gasteiger partial charge in [0.05, 0.1) is 6.61 Å². The van der Waals surface area contributed by atoms with Crippen LogP contribution in [-0.4, -0.2) is 25.7 Å². The maximum atomic E-state index is 11.1. The third kappa shape index (κ3) is 10.3. The van der Waals surface area contributed by atoms with E-state index in [2.05, 4.69) is 26.1 Å². The minimum absolute atomic E-state index is 0.0612. The van der Waals surface area contributed by atoms with E-state index in [9.17, 15) is 4.79 Å². The maximum absolute atomic E-state index is 11.1. The molecule has 0 aliphatic carbocycles. The Morgan fingerprint density at radius 2 is 1.88 bits per heavy atom. The zero-order valence-corrected chi connectivity index (χ0v) is 11.9. The van der Waals surface area contributed by atoms with Crippen LogP contribution in [0.5, 0.6) is 0 Å². The number of hydrogen-bond donors (Lipinski definition) is 1. The van der Waals surface area contributed by atoms with Gasteiger partial charge in [0.15, 0.2) is 0 Å². The summed E-state index contributed by atoms with van der Waals surface area (Å²) in [4.78, 5) is 11.1. The molecule has 0 radical (unpaired) electrons. The van der Waals surface area contributed by atoms with E-state index in [0.29, 0.717) is 13.0 Å². The predicted octanol–water partition coefficient (Wildman–Crippen LogP) is 2.99. The summed E-state index contributed by atoms with van der Waals surface area (Å²) in [5.74, 6) is 1.41. The summed E-state index contributed by atoms with van der Waals surface area (Å²) in [6, 6.07) is 0. The van der Waals surface area contributed by atoms with Crippen LogP contribution in [0.3, 0.4) is 0 Å². The molecule has 0 rings (SSSR count). The molecule has 0 aliphatic heterocycles. The second-order valence-electron chi connectivity index (χ2n) is 5.04. The van der Waals surface area contributed by atoms with Crippen molar-refractivity contribution in [3.05, 3.63) is 0 Å². The van der Waals surface area contributed by atoms with E-state index in [-0.39, 0.29) is 5.97 Å². The Bertz CT molecular complexity index is 193. The molecule has 1 unspecified atom stereocenters. The van der Waals surface area contributed by atoms with Crippen molar-refractivity contribution < 1.29 is 9.53 Å². The van der Waals surface area contributed by atoms with E-state index >= 15 is 0 Å². The molecule has 1 N–H and O–H groups in total. The Morgan fingerprint density at radius 3 is 2.47 bits per heavy atom. The highest BCUT2D eigenvalue weighted by molar-refractivity contribution is 5.69. The van der Waals surface area contributed by atoms with Crippen molar-refractivity contribution in [3.8, 4) is 0 Å². The molecule has 3 nitrogen and oxygen atoms in total. The van der Waals surface area contributed by atoms with Gasteiger partial charge >= 0.3 is 5.97 Å². The monoisotopic (exact) mass is 243 g/mol. The number of ether oxygens (including phenoxy) is 1. The average Bonchev–Trinajstić information content (AvgIpc) is 2.27. The van der Waals surface area contributed by atoms with E-state index < -0.39 is 0 Å². The molecule has 102 valence electrons. The molecular weight excluding hydrogens is 214 g/mol. The number of carbonyl (C=O) groups excluding carboxylic acids is 1. The highest BCUT2D eigenvalue weighted by atomic mass is 16.5. The molecule has 1 atom stereocenters. The Kier molecular flexibility index (Phi) is 10.2. The van der Waals surface area contributed by atoms with Crippen molar-refractivity contribution >= 4 is 5.97 Å². The summed E-state index contributed by atoms with van der Waals surface area (Å²) < 4.78 is 4.87. The smallest absolute Gasteiger partial charge is 0.305 e. The highest BCUT2D eigenvalue weighted by Crippen LogP contribution is 2.07. The lowest BCUT2D eigenvalue weighted by Crippen LogP contribution is -2.25. The Morgan fingerprint density at radius 1 is 1.18 bits per heavy atom. The van der Waals surface area contributed by atoms with Gasteiger partial charge in [-0.05, 0) is 44.7 Å². The lowest BCUT2D eigenvalue weighted by molar-refractivity contribution is -0.143. The van der Waals surface area contributed by atoms with E-state index in [1.54, 1.807) is 0 Å². The fourth-order valence-corrected chi connectivity index (χ4v) is 1.49.